The molecule has 1 saturated carbocycles. The highest BCUT2D eigenvalue weighted by atomic mass is 35.5. The van der Waals surface area contributed by atoms with Crippen LogP contribution in [0.3, 0.4) is 0 Å². The van der Waals surface area contributed by atoms with E-state index in [2.05, 4.69) is 50.4 Å². The molecular weight excluding hydrogens is 422 g/mol. The number of halogens is 1. The van der Waals surface area contributed by atoms with Crippen LogP contribution in [0.4, 0.5) is 0 Å². The van der Waals surface area contributed by atoms with Crippen LogP contribution in [-0.4, -0.2) is 28.8 Å². The molecule has 0 amide bonds. The standard InChI is InChI=1S/C27H37NO3.ClH/c1-26(2,3)25(30)31-22-13-11-21(12-14-22)20-9-7-18(8-10-20)15-19-16-23(24(29)17-19)28-27(4,5)6;/h7-14,19,23-24,28-29H,15-17H2,1-6H3;1H/t19-,23+,24+;/m1./s1. The van der Waals surface area contributed by atoms with Gasteiger partial charge in [0.05, 0.1) is 11.5 Å². The highest BCUT2D eigenvalue weighted by molar-refractivity contribution is 5.85. The second kappa shape index (κ2) is 10.4. The van der Waals surface area contributed by atoms with Crippen molar-refractivity contribution in [2.24, 2.45) is 11.3 Å². The van der Waals surface area contributed by atoms with E-state index in [1.165, 1.54) is 5.56 Å². The SMILES string of the molecule is CC(C)(C)N[C@H]1C[C@@H](Cc2ccc(-c3ccc(OC(=O)C(C)(C)C)cc3)cc2)C[C@@H]1O.Cl. The summed E-state index contributed by atoms with van der Waals surface area (Å²) < 4.78 is 5.45. The lowest BCUT2D eigenvalue weighted by Gasteiger charge is -2.27. The third kappa shape index (κ3) is 7.33. The number of carbonyl (C=O) groups is 1. The monoisotopic (exact) mass is 459 g/mol. The van der Waals surface area contributed by atoms with Crippen LogP contribution in [0.5, 0.6) is 5.75 Å². The molecule has 32 heavy (non-hydrogen) atoms. The molecule has 0 heterocycles. The molecule has 1 aliphatic rings. The molecule has 2 aromatic carbocycles. The first kappa shape index (κ1) is 26.4. The number of aliphatic hydroxyl groups is 1. The van der Waals surface area contributed by atoms with Gasteiger partial charge in [-0.25, -0.2) is 0 Å². The first-order valence-electron chi connectivity index (χ1n) is 11.3. The summed E-state index contributed by atoms with van der Waals surface area (Å²) in [5, 5.41) is 14.0. The quantitative estimate of drug-likeness (QED) is 0.438. The summed E-state index contributed by atoms with van der Waals surface area (Å²) in [5.41, 5.74) is 3.02. The third-order valence-electron chi connectivity index (χ3n) is 5.73. The van der Waals surface area contributed by atoms with Crippen molar-refractivity contribution >= 4 is 18.4 Å². The Hall–Kier alpha value is -1.88. The van der Waals surface area contributed by atoms with E-state index in [9.17, 15) is 9.90 Å². The fourth-order valence-corrected chi connectivity index (χ4v) is 4.14. The highest BCUT2D eigenvalue weighted by Gasteiger charge is 2.34. The van der Waals surface area contributed by atoms with Gasteiger partial charge in [0.2, 0.25) is 0 Å². The lowest BCUT2D eigenvalue weighted by Crippen LogP contribution is -2.47. The number of benzene rings is 2. The summed E-state index contributed by atoms with van der Waals surface area (Å²) in [6.45, 7) is 12.0. The smallest absolute Gasteiger partial charge is 0.316 e. The van der Waals surface area contributed by atoms with E-state index in [1.807, 2.05) is 45.0 Å². The topological polar surface area (TPSA) is 58.6 Å². The molecule has 1 fully saturated rings. The van der Waals surface area contributed by atoms with E-state index >= 15 is 0 Å². The maximum Gasteiger partial charge on any atom is 0.316 e. The van der Waals surface area contributed by atoms with Gasteiger partial charge in [-0.3, -0.25) is 4.79 Å². The van der Waals surface area contributed by atoms with Gasteiger partial charge in [-0.2, -0.15) is 0 Å². The Bertz CT molecular complexity index is 879. The summed E-state index contributed by atoms with van der Waals surface area (Å²) >= 11 is 0. The molecule has 4 nitrogen and oxygen atoms in total. The van der Waals surface area contributed by atoms with Crippen molar-refractivity contribution in [2.45, 2.75) is 78.5 Å². The molecule has 3 atom stereocenters. The molecule has 0 aromatic heterocycles. The van der Waals surface area contributed by atoms with E-state index in [4.69, 9.17) is 4.74 Å². The first-order valence-corrected chi connectivity index (χ1v) is 11.3. The maximum absolute atomic E-state index is 12.0. The normalized spacial score (nSPS) is 21.2. The summed E-state index contributed by atoms with van der Waals surface area (Å²) in [7, 11) is 0. The maximum atomic E-state index is 12.0. The number of hydrogen-bond donors (Lipinski definition) is 2. The second-order valence-corrected chi connectivity index (χ2v) is 11.0. The van der Waals surface area contributed by atoms with E-state index in [0.29, 0.717) is 11.7 Å². The zero-order valence-corrected chi connectivity index (χ0v) is 21.0. The molecule has 0 bridgehead atoms. The predicted octanol–water partition coefficient (Wildman–Crippen LogP) is 5.80. The Morgan fingerprint density at radius 3 is 1.97 bits per heavy atom. The minimum atomic E-state index is -0.521. The van der Waals surface area contributed by atoms with Crippen LogP contribution in [0.2, 0.25) is 0 Å². The van der Waals surface area contributed by atoms with Gasteiger partial charge in [0.1, 0.15) is 5.75 Å². The Balaban J connectivity index is 0.00000363. The molecule has 2 aromatic rings. The Kier molecular flexibility index (Phi) is 8.55. The lowest BCUT2D eigenvalue weighted by atomic mass is 9.95. The van der Waals surface area contributed by atoms with Gasteiger partial charge in [-0.1, -0.05) is 36.4 Å². The van der Waals surface area contributed by atoms with Crippen LogP contribution in [0.15, 0.2) is 48.5 Å². The fourth-order valence-electron chi connectivity index (χ4n) is 4.14. The molecule has 0 radical (unpaired) electrons. The number of hydrogen-bond acceptors (Lipinski definition) is 4. The van der Waals surface area contributed by atoms with Crippen molar-refractivity contribution in [1.82, 2.24) is 5.32 Å². The highest BCUT2D eigenvalue weighted by Crippen LogP contribution is 2.31. The number of aliphatic hydroxyl groups excluding tert-OH is 1. The number of esters is 1. The molecule has 0 unspecified atom stereocenters. The summed E-state index contributed by atoms with van der Waals surface area (Å²) in [5.74, 6) is 0.831. The average Bonchev–Trinajstić information content (AvgIpc) is 2.99. The molecule has 0 spiro atoms. The molecule has 2 N–H and O–H groups in total. The molecule has 1 aliphatic carbocycles. The van der Waals surface area contributed by atoms with Crippen molar-refractivity contribution in [1.29, 1.82) is 0 Å². The zero-order chi connectivity index (χ0) is 22.8. The van der Waals surface area contributed by atoms with Crippen molar-refractivity contribution in [2.75, 3.05) is 0 Å². The Labute approximate surface area is 199 Å². The van der Waals surface area contributed by atoms with E-state index in [-0.39, 0.29) is 36.1 Å². The van der Waals surface area contributed by atoms with Gasteiger partial charge in [0.15, 0.2) is 0 Å². The second-order valence-electron chi connectivity index (χ2n) is 11.0. The molecule has 3 rings (SSSR count). The third-order valence-corrected chi connectivity index (χ3v) is 5.73. The van der Waals surface area contributed by atoms with Gasteiger partial charge in [-0.15, -0.1) is 12.4 Å². The van der Waals surface area contributed by atoms with Crippen LogP contribution in [0.25, 0.3) is 11.1 Å². The lowest BCUT2D eigenvalue weighted by molar-refractivity contribution is -0.142. The number of ether oxygens (including phenoxy) is 1. The predicted molar refractivity (Wildman–Crippen MR) is 133 cm³/mol. The number of rotatable bonds is 5. The van der Waals surface area contributed by atoms with Gasteiger partial charge in [0, 0.05) is 11.6 Å². The van der Waals surface area contributed by atoms with Gasteiger partial charge in [-0.05, 0) is 95.5 Å². The van der Waals surface area contributed by atoms with E-state index in [1.54, 1.807) is 0 Å². The fraction of sp³-hybridized carbons (Fsp3) is 0.519. The summed E-state index contributed by atoms with van der Waals surface area (Å²) in [6, 6.07) is 16.5. The molecule has 0 saturated heterocycles. The first-order chi connectivity index (χ1) is 14.4. The minimum Gasteiger partial charge on any atom is -0.426 e. The average molecular weight is 460 g/mol. The van der Waals surface area contributed by atoms with Gasteiger partial charge >= 0.3 is 5.97 Å². The summed E-state index contributed by atoms with van der Waals surface area (Å²) in [6.07, 6.45) is 2.58. The Morgan fingerprint density at radius 2 is 1.47 bits per heavy atom. The van der Waals surface area contributed by atoms with Crippen molar-refractivity contribution in [3.05, 3.63) is 54.1 Å². The molecule has 176 valence electrons. The van der Waals surface area contributed by atoms with Crippen LogP contribution in [0, 0.1) is 11.3 Å². The summed E-state index contributed by atoms with van der Waals surface area (Å²) in [4.78, 5) is 12.0. The van der Waals surface area contributed by atoms with Crippen LogP contribution >= 0.6 is 12.4 Å². The van der Waals surface area contributed by atoms with Crippen LogP contribution in [0.1, 0.15) is 59.9 Å². The van der Waals surface area contributed by atoms with Crippen LogP contribution in [-0.2, 0) is 11.2 Å². The zero-order valence-electron chi connectivity index (χ0n) is 20.1. The van der Waals surface area contributed by atoms with E-state index < -0.39 is 5.41 Å². The largest absolute Gasteiger partial charge is 0.426 e. The molecule has 0 aliphatic heterocycles. The van der Waals surface area contributed by atoms with Gasteiger partial charge in [0.25, 0.3) is 0 Å². The van der Waals surface area contributed by atoms with Crippen molar-refractivity contribution in [3.63, 3.8) is 0 Å². The van der Waals surface area contributed by atoms with E-state index in [0.717, 1.165) is 30.4 Å². The Morgan fingerprint density at radius 1 is 0.938 bits per heavy atom. The van der Waals surface area contributed by atoms with Crippen molar-refractivity contribution < 1.29 is 14.6 Å². The van der Waals surface area contributed by atoms with Crippen molar-refractivity contribution in [3.8, 4) is 16.9 Å². The van der Waals surface area contributed by atoms with Gasteiger partial charge < -0.3 is 15.2 Å². The minimum absolute atomic E-state index is 0. The number of nitrogens with one attached hydrogen (secondary N) is 1. The molecular formula is C27H38ClNO3. The number of carbonyl (C=O) groups excluding carboxylic acids is 1. The van der Waals surface area contributed by atoms with Crippen LogP contribution < -0.4 is 10.1 Å². The molecule has 5 heteroatoms.